The number of hydrogen-bond donors (Lipinski definition) is 0. The normalized spacial score (nSPS) is 17.9. The maximum Gasteiger partial charge on any atom is 0.276 e. The largest absolute Gasteiger partial charge is 0.467 e. The van der Waals surface area contributed by atoms with Gasteiger partial charge in [0, 0.05) is 38.2 Å². The van der Waals surface area contributed by atoms with E-state index in [1.165, 1.54) is 6.42 Å². The fourth-order valence-corrected chi connectivity index (χ4v) is 4.03. The van der Waals surface area contributed by atoms with Crippen LogP contribution in [0.2, 0.25) is 0 Å². The molecule has 7 nitrogen and oxygen atoms in total. The van der Waals surface area contributed by atoms with E-state index in [1.54, 1.807) is 6.26 Å². The van der Waals surface area contributed by atoms with Crippen molar-refractivity contribution in [2.45, 2.75) is 45.1 Å². The van der Waals surface area contributed by atoms with Crippen molar-refractivity contribution in [3.63, 3.8) is 0 Å². The van der Waals surface area contributed by atoms with E-state index in [0.717, 1.165) is 82.0 Å². The fraction of sp³-hybridized carbons (Fsp3) is 0.619. The Morgan fingerprint density at radius 3 is 2.86 bits per heavy atom. The molecule has 0 saturated carbocycles. The van der Waals surface area contributed by atoms with Crippen molar-refractivity contribution < 1.29 is 18.5 Å². The van der Waals surface area contributed by atoms with Crippen LogP contribution in [0.25, 0.3) is 0 Å². The second-order valence-electron chi connectivity index (χ2n) is 7.61. The first-order valence-corrected chi connectivity index (χ1v) is 10.4. The van der Waals surface area contributed by atoms with E-state index >= 15 is 0 Å². The monoisotopic (exact) mass is 387 g/mol. The number of fused-ring (bicyclic) bond motifs is 1. The molecule has 0 spiro atoms. The molecule has 2 aliphatic rings. The smallest absolute Gasteiger partial charge is 0.276 e. The zero-order chi connectivity index (χ0) is 19.2. The van der Waals surface area contributed by atoms with Gasteiger partial charge in [-0.25, -0.2) is 0 Å². The maximum atomic E-state index is 13.3. The Bertz CT molecular complexity index is 750. The van der Waals surface area contributed by atoms with Gasteiger partial charge < -0.3 is 18.6 Å². The lowest BCUT2D eigenvalue weighted by Crippen LogP contribution is -2.39. The Kier molecular flexibility index (Phi) is 6.44. The molecule has 2 aromatic rings. The summed E-state index contributed by atoms with van der Waals surface area (Å²) in [5, 5.41) is 4.16. The molecule has 0 atom stereocenters. The standard InChI is InChI=1S/C21H29N3O4/c25-21(20-18-7-2-1-3-8-19(18)28-22-20)24(16-17-6-4-13-27-17)10-5-9-23-11-14-26-15-12-23/h4,6,13H,1-3,5,7-12,14-16H2. The lowest BCUT2D eigenvalue weighted by Gasteiger charge is -2.28. The third-order valence-electron chi connectivity index (χ3n) is 5.62. The third kappa shape index (κ3) is 4.64. The zero-order valence-corrected chi connectivity index (χ0v) is 16.4. The van der Waals surface area contributed by atoms with Crippen molar-refractivity contribution >= 4 is 5.91 Å². The van der Waals surface area contributed by atoms with Gasteiger partial charge in [0.2, 0.25) is 0 Å². The predicted octanol–water partition coefficient (Wildman–Crippen LogP) is 2.90. The number of rotatable bonds is 7. The molecule has 3 heterocycles. The lowest BCUT2D eigenvalue weighted by molar-refractivity contribution is 0.0354. The number of nitrogens with zero attached hydrogens (tertiary/aromatic N) is 3. The second kappa shape index (κ2) is 9.39. The number of ether oxygens (including phenoxy) is 1. The highest BCUT2D eigenvalue weighted by atomic mass is 16.5. The van der Waals surface area contributed by atoms with Crippen LogP contribution in [0.3, 0.4) is 0 Å². The molecule has 28 heavy (non-hydrogen) atoms. The summed E-state index contributed by atoms with van der Waals surface area (Å²) in [6.07, 6.45) is 7.68. The molecule has 0 aromatic carbocycles. The van der Waals surface area contributed by atoms with E-state index in [0.29, 0.717) is 18.8 Å². The van der Waals surface area contributed by atoms with Crippen LogP contribution in [0, 0.1) is 0 Å². The SMILES string of the molecule is O=C(c1noc2c1CCCCC2)N(CCCN1CCOCC1)Cc1ccco1. The highest BCUT2D eigenvalue weighted by molar-refractivity contribution is 5.93. The van der Waals surface area contributed by atoms with Crippen LogP contribution in [-0.4, -0.2) is 60.3 Å². The molecule has 0 N–H and O–H groups in total. The molecule has 0 radical (unpaired) electrons. The first-order chi connectivity index (χ1) is 13.8. The number of aromatic nitrogens is 1. The molecule has 1 saturated heterocycles. The Morgan fingerprint density at radius 2 is 2.04 bits per heavy atom. The quantitative estimate of drug-likeness (QED) is 0.680. The van der Waals surface area contributed by atoms with Crippen LogP contribution in [-0.2, 0) is 24.1 Å². The van der Waals surface area contributed by atoms with Gasteiger partial charge in [0.15, 0.2) is 5.69 Å². The summed E-state index contributed by atoms with van der Waals surface area (Å²) in [4.78, 5) is 17.6. The van der Waals surface area contributed by atoms with Gasteiger partial charge in [-0.05, 0) is 37.8 Å². The van der Waals surface area contributed by atoms with Gasteiger partial charge in [-0.3, -0.25) is 9.69 Å². The summed E-state index contributed by atoms with van der Waals surface area (Å²) in [5.74, 6) is 1.63. The average molecular weight is 387 g/mol. The summed E-state index contributed by atoms with van der Waals surface area (Å²) in [7, 11) is 0. The van der Waals surface area contributed by atoms with Crippen molar-refractivity contribution in [3.05, 3.63) is 41.2 Å². The summed E-state index contributed by atoms with van der Waals surface area (Å²) < 4.78 is 16.4. The number of aryl methyl sites for hydroxylation is 1. The summed E-state index contributed by atoms with van der Waals surface area (Å²) in [6, 6.07) is 3.76. The number of carbonyl (C=O) groups is 1. The van der Waals surface area contributed by atoms with E-state index in [4.69, 9.17) is 13.7 Å². The first-order valence-electron chi connectivity index (χ1n) is 10.4. The average Bonchev–Trinajstić information content (AvgIpc) is 3.32. The van der Waals surface area contributed by atoms with Gasteiger partial charge in [-0.1, -0.05) is 11.6 Å². The molecule has 1 fully saturated rings. The number of morpholine rings is 1. The molecule has 1 aliphatic heterocycles. The lowest BCUT2D eigenvalue weighted by atomic mass is 10.1. The molecule has 0 unspecified atom stereocenters. The highest BCUT2D eigenvalue weighted by Crippen LogP contribution is 2.25. The van der Waals surface area contributed by atoms with Crippen LogP contribution in [0.15, 0.2) is 27.3 Å². The second-order valence-corrected chi connectivity index (χ2v) is 7.61. The van der Waals surface area contributed by atoms with Gasteiger partial charge in [-0.15, -0.1) is 0 Å². The van der Waals surface area contributed by atoms with Crippen LogP contribution in [0.4, 0.5) is 0 Å². The fourth-order valence-electron chi connectivity index (χ4n) is 4.03. The Labute approximate surface area is 165 Å². The zero-order valence-electron chi connectivity index (χ0n) is 16.4. The van der Waals surface area contributed by atoms with Crippen molar-refractivity contribution in [1.29, 1.82) is 0 Å². The topological polar surface area (TPSA) is 72.0 Å². The summed E-state index contributed by atoms with van der Waals surface area (Å²) in [5.41, 5.74) is 1.51. The summed E-state index contributed by atoms with van der Waals surface area (Å²) in [6.45, 7) is 5.59. The maximum absolute atomic E-state index is 13.3. The van der Waals surface area contributed by atoms with Crippen LogP contribution in [0.1, 0.15) is 53.3 Å². The number of carbonyl (C=O) groups excluding carboxylic acids is 1. The number of furan rings is 1. The molecule has 7 heteroatoms. The van der Waals surface area contributed by atoms with Crippen molar-refractivity contribution in [3.8, 4) is 0 Å². The molecule has 1 aliphatic carbocycles. The molecule has 1 amide bonds. The molecule has 0 bridgehead atoms. The minimum atomic E-state index is -0.0507. The van der Waals surface area contributed by atoms with Gasteiger partial charge in [-0.2, -0.15) is 0 Å². The third-order valence-corrected chi connectivity index (χ3v) is 5.62. The minimum Gasteiger partial charge on any atom is -0.467 e. The van der Waals surface area contributed by atoms with Gasteiger partial charge >= 0.3 is 0 Å². The van der Waals surface area contributed by atoms with E-state index in [-0.39, 0.29) is 5.91 Å². The first kappa shape index (κ1) is 19.2. The number of hydrogen-bond acceptors (Lipinski definition) is 6. The van der Waals surface area contributed by atoms with Gasteiger partial charge in [0.1, 0.15) is 11.5 Å². The predicted molar refractivity (Wildman–Crippen MR) is 103 cm³/mol. The Morgan fingerprint density at radius 1 is 1.18 bits per heavy atom. The highest BCUT2D eigenvalue weighted by Gasteiger charge is 2.27. The molecule has 4 rings (SSSR count). The number of amides is 1. The molecular weight excluding hydrogens is 358 g/mol. The van der Waals surface area contributed by atoms with Crippen LogP contribution < -0.4 is 0 Å². The van der Waals surface area contributed by atoms with E-state index in [1.807, 2.05) is 17.0 Å². The minimum absolute atomic E-state index is 0.0507. The van der Waals surface area contributed by atoms with E-state index < -0.39 is 0 Å². The van der Waals surface area contributed by atoms with Crippen LogP contribution in [0.5, 0.6) is 0 Å². The Balaban J connectivity index is 1.44. The molecule has 2 aromatic heterocycles. The van der Waals surface area contributed by atoms with Gasteiger partial charge in [0.25, 0.3) is 5.91 Å². The summed E-state index contributed by atoms with van der Waals surface area (Å²) >= 11 is 0. The van der Waals surface area contributed by atoms with E-state index in [2.05, 4.69) is 10.1 Å². The molecule has 152 valence electrons. The Hall–Kier alpha value is -2.12. The molecular formula is C21H29N3O4. The van der Waals surface area contributed by atoms with Gasteiger partial charge in [0.05, 0.1) is 26.0 Å². The van der Waals surface area contributed by atoms with Crippen molar-refractivity contribution in [1.82, 2.24) is 15.0 Å². The van der Waals surface area contributed by atoms with Crippen molar-refractivity contribution in [2.24, 2.45) is 0 Å². The van der Waals surface area contributed by atoms with Crippen LogP contribution >= 0.6 is 0 Å². The van der Waals surface area contributed by atoms with E-state index in [9.17, 15) is 4.79 Å². The van der Waals surface area contributed by atoms with Crippen molar-refractivity contribution in [2.75, 3.05) is 39.4 Å².